The Labute approximate surface area is 69.8 Å². The Morgan fingerprint density at radius 2 is 2.58 bits per heavy atom. The van der Waals surface area contributed by atoms with E-state index in [2.05, 4.69) is 0 Å². The summed E-state index contributed by atoms with van der Waals surface area (Å²) in [6.07, 6.45) is 1.45. The van der Waals surface area contributed by atoms with Crippen molar-refractivity contribution in [2.75, 3.05) is 0 Å². The third kappa shape index (κ3) is 1.23. The van der Waals surface area contributed by atoms with E-state index in [9.17, 15) is 9.90 Å². The quantitative estimate of drug-likeness (QED) is 0.443. The molecule has 1 heterocycles. The third-order valence-electron chi connectivity index (χ3n) is 2.01. The molecule has 1 aliphatic heterocycles. The summed E-state index contributed by atoms with van der Waals surface area (Å²) in [5, 5.41) is 9.26. The molecule has 12 heavy (non-hydrogen) atoms. The summed E-state index contributed by atoms with van der Waals surface area (Å²) in [6.45, 7) is 1.35. The summed E-state index contributed by atoms with van der Waals surface area (Å²) in [7, 11) is 0. The van der Waals surface area contributed by atoms with Crippen molar-refractivity contribution in [2.24, 2.45) is 0 Å². The van der Waals surface area contributed by atoms with Crippen LogP contribution in [-0.2, 0) is 14.3 Å². The van der Waals surface area contributed by atoms with Crippen molar-refractivity contribution in [3.05, 3.63) is 11.8 Å². The number of hydrogen-bond donors (Lipinski definition) is 1. The largest absolute Gasteiger partial charge is 0.429 e. The predicted octanol–water partition coefficient (Wildman–Crippen LogP) is -0.0346. The first kappa shape index (κ1) is 7.76. The van der Waals surface area contributed by atoms with Crippen LogP contribution in [0.2, 0.25) is 0 Å². The molecule has 1 aliphatic carbocycles. The van der Waals surface area contributed by atoms with Gasteiger partial charge in [0.2, 0.25) is 0 Å². The molecule has 0 amide bonds. The maximum absolute atomic E-state index is 10.6. The number of rotatable bonds is 1. The van der Waals surface area contributed by atoms with Gasteiger partial charge < -0.3 is 14.6 Å². The molecule has 1 N–H and O–H groups in total. The molecule has 4 heteroatoms. The minimum atomic E-state index is -0.436. The Morgan fingerprint density at radius 3 is 3.25 bits per heavy atom. The molecule has 1 fully saturated rings. The minimum Gasteiger partial charge on any atom is -0.429 e. The minimum absolute atomic E-state index is 0.149. The Kier molecular flexibility index (Phi) is 1.66. The van der Waals surface area contributed by atoms with Crippen LogP contribution in [0.1, 0.15) is 13.3 Å². The van der Waals surface area contributed by atoms with Crippen LogP contribution in [0.4, 0.5) is 0 Å². The van der Waals surface area contributed by atoms with Gasteiger partial charge in [0.05, 0.1) is 6.10 Å². The maximum Gasteiger partial charge on any atom is 0.307 e. The Bertz CT molecular complexity index is 245. The third-order valence-corrected chi connectivity index (χ3v) is 2.01. The average molecular weight is 170 g/mol. The molecule has 0 saturated carbocycles. The van der Waals surface area contributed by atoms with Crippen LogP contribution in [0.25, 0.3) is 0 Å². The van der Waals surface area contributed by atoms with Gasteiger partial charge in [-0.2, -0.15) is 0 Å². The summed E-state index contributed by atoms with van der Waals surface area (Å²) in [4.78, 5) is 10.6. The van der Waals surface area contributed by atoms with Crippen molar-refractivity contribution in [3.8, 4) is 0 Å². The molecule has 2 aliphatic rings. The molecule has 1 saturated heterocycles. The number of carbonyl (C=O) groups excluding carboxylic acids is 1. The standard InChI is InChI=1S/C8H10O4/c1-4(9)11-6-3-2-5(10)7-8(6)12-7/h3,5,7-8,10H,2H2,1H3/t5-,7-,8+/m0/s1. The van der Waals surface area contributed by atoms with Gasteiger partial charge in [0.25, 0.3) is 0 Å². The van der Waals surface area contributed by atoms with Gasteiger partial charge in [-0.15, -0.1) is 0 Å². The fraction of sp³-hybridized carbons (Fsp3) is 0.625. The van der Waals surface area contributed by atoms with Gasteiger partial charge in [-0.05, 0) is 12.5 Å². The van der Waals surface area contributed by atoms with Crippen molar-refractivity contribution in [1.29, 1.82) is 0 Å². The molecule has 0 radical (unpaired) electrons. The van der Waals surface area contributed by atoms with Crippen LogP contribution in [0.15, 0.2) is 11.8 Å². The van der Waals surface area contributed by atoms with E-state index in [1.54, 1.807) is 6.08 Å². The van der Waals surface area contributed by atoms with Crippen molar-refractivity contribution in [2.45, 2.75) is 31.7 Å². The highest BCUT2D eigenvalue weighted by molar-refractivity contribution is 5.67. The molecular formula is C8H10O4. The molecule has 0 aromatic rings. The van der Waals surface area contributed by atoms with Gasteiger partial charge in [0, 0.05) is 6.92 Å². The molecular weight excluding hydrogens is 160 g/mol. The maximum atomic E-state index is 10.6. The molecule has 0 spiro atoms. The highest BCUT2D eigenvalue weighted by Crippen LogP contribution is 2.37. The smallest absolute Gasteiger partial charge is 0.307 e. The second-order valence-electron chi connectivity index (χ2n) is 3.02. The highest BCUT2D eigenvalue weighted by Gasteiger charge is 2.50. The first-order chi connectivity index (χ1) is 5.68. The highest BCUT2D eigenvalue weighted by atomic mass is 16.6. The van der Waals surface area contributed by atoms with E-state index < -0.39 is 6.10 Å². The Morgan fingerprint density at radius 1 is 1.83 bits per heavy atom. The molecule has 2 rings (SSSR count). The number of aliphatic hydroxyl groups excluding tert-OH is 1. The van der Waals surface area contributed by atoms with E-state index in [4.69, 9.17) is 9.47 Å². The summed E-state index contributed by atoms with van der Waals surface area (Å²) in [6, 6.07) is 0. The average Bonchev–Trinajstić information content (AvgIpc) is 2.73. The van der Waals surface area contributed by atoms with Crippen LogP contribution in [0.5, 0.6) is 0 Å². The van der Waals surface area contributed by atoms with Crippen LogP contribution in [0, 0.1) is 0 Å². The summed E-state index contributed by atoms with van der Waals surface area (Å²) >= 11 is 0. The first-order valence-corrected chi connectivity index (χ1v) is 3.90. The van der Waals surface area contributed by atoms with Crippen molar-refractivity contribution >= 4 is 5.97 Å². The lowest BCUT2D eigenvalue weighted by Crippen LogP contribution is -2.22. The SMILES string of the molecule is CC(=O)OC1=CC[C@H](O)[C@@H]2O[C@H]12. The number of hydrogen-bond acceptors (Lipinski definition) is 4. The van der Waals surface area contributed by atoms with Gasteiger partial charge in [0.1, 0.15) is 18.0 Å². The van der Waals surface area contributed by atoms with Gasteiger partial charge in [-0.25, -0.2) is 0 Å². The fourth-order valence-corrected chi connectivity index (χ4v) is 1.40. The summed E-state index contributed by atoms with van der Waals surface area (Å²) in [5.41, 5.74) is 0. The number of carbonyl (C=O) groups is 1. The van der Waals surface area contributed by atoms with E-state index in [1.165, 1.54) is 6.92 Å². The zero-order valence-electron chi connectivity index (χ0n) is 6.69. The lowest BCUT2D eigenvalue weighted by molar-refractivity contribution is -0.137. The topological polar surface area (TPSA) is 59.1 Å². The number of fused-ring (bicyclic) bond motifs is 1. The fourth-order valence-electron chi connectivity index (χ4n) is 1.40. The monoisotopic (exact) mass is 170 g/mol. The molecule has 4 nitrogen and oxygen atoms in total. The van der Waals surface area contributed by atoms with Crippen LogP contribution >= 0.6 is 0 Å². The van der Waals surface area contributed by atoms with Crippen molar-refractivity contribution in [3.63, 3.8) is 0 Å². The molecule has 66 valence electrons. The number of ether oxygens (including phenoxy) is 2. The van der Waals surface area contributed by atoms with E-state index >= 15 is 0 Å². The lowest BCUT2D eigenvalue weighted by atomic mass is 10.0. The number of epoxide rings is 1. The van der Waals surface area contributed by atoms with Crippen molar-refractivity contribution < 1.29 is 19.4 Å². The molecule has 0 aromatic carbocycles. The number of aliphatic hydroxyl groups is 1. The second-order valence-corrected chi connectivity index (χ2v) is 3.02. The zero-order chi connectivity index (χ0) is 8.72. The number of esters is 1. The zero-order valence-corrected chi connectivity index (χ0v) is 6.69. The van der Waals surface area contributed by atoms with Crippen LogP contribution in [0.3, 0.4) is 0 Å². The summed E-state index contributed by atoms with van der Waals surface area (Å²) < 4.78 is 9.99. The van der Waals surface area contributed by atoms with Crippen LogP contribution < -0.4 is 0 Å². The Balaban J connectivity index is 2.03. The van der Waals surface area contributed by atoms with E-state index in [0.717, 1.165) is 0 Å². The van der Waals surface area contributed by atoms with Crippen molar-refractivity contribution in [1.82, 2.24) is 0 Å². The molecule has 0 bridgehead atoms. The normalized spacial score (nSPS) is 38.2. The van der Waals surface area contributed by atoms with E-state index in [1.807, 2.05) is 0 Å². The lowest BCUT2D eigenvalue weighted by Gasteiger charge is -2.11. The van der Waals surface area contributed by atoms with Gasteiger partial charge in [-0.3, -0.25) is 4.79 Å². The summed E-state index contributed by atoms with van der Waals surface area (Å²) in [5.74, 6) is 0.213. The second kappa shape index (κ2) is 2.57. The first-order valence-electron chi connectivity index (χ1n) is 3.90. The predicted molar refractivity (Wildman–Crippen MR) is 39.1 cm³/mol. The molecule has 0 aromatic heterocycles. The molecule has 3 atom stereocenters. The molecule has 0 unspecified atom stereocenters. The van der Waals surface area contributed by atoms with Gasteiger partial charge in [0.15, 0.2) is 0 Å². The Hall–Kier alpha value is -0.870. The van der Waals surface area contributed by atoms with Gasteiger partial charge >= 0.3 is 5.97 Å². The van der Waals surface area contributed by atoms with E-state index in [0.29, 0.717) is 12.2 Å². The van der Waals surface area contributed by atoms with Crippen LogP contribution in [-0.4, -0.2) is 29.4 Å². The van der Waals surface area contributed by atoms with E-state index in [-0.39, 0.29) is 18.2 Å². The van der Waals surface area contributed by atoms with Gasteiger partial charge in [-0.1, -0.05) is 0 Å².